The third-order valence-corrected chi connectivity index (χ3v) is 2.10. The summed E-state index contributed by atoms with van der Waals surface area (Å²) in [6.07, 6.45) is 0. The molecule has 0 bridgehead atoms. The van der Waals surface area contributed by atoms with Gasteiger partial charge in [0.2, 0.25) is 0 Å². The first kappa shape index (κ1) is 12.2. The molecule has 0 spiro atoms. The minimum atomic E-state index is 0.411. The fourth-order valence-electron chi connectivity index (χ4n) is 1.54. The van der Waals surface area contributed by atoms with Gasteiger partial charge in [0, 0.05) is 12.1 Å². The first-order valence-corrected chi connectivity index (χ1v) is 5.56. The third kappa shape index (κ3) is 5.55. The van der Waals surface area contributed by atoms with E-state index >= 15 is 0 Å². The van der Waals surface area contributed by atoms with E-state index in [4.69, 9.17) is 4.74 Å². The standard InChI is InChI=1S/C13H21NO/c1-11(2)14-12(3)9-15-10-13-7-5-4-6-8-13/h4-8,11-12,14H,9-10H2,1-3H3. The summed E-state index contributed by atoms with van der Waals surface area (Å²) in [5, 5.41) is 3.40. The average Bonchev–Trinajstić information content (AvgIpc) is 2.18. The molecule has 2 nitrogen and oxygen atoms in total. The largest absolute Gasteiger partial charge is 0.375 e. The topological polar surface area (TPSA) is 21.3 Å². The van der Waals surface area contributed by atoms with E-state index in [2.05, 4.69) is 38.2 Å². The predicted molar refractivity (Wildman–Crippen MR) is 63.8 cm³/mol. The maximum Gasteiger partial charge on any atom is 0.0717 e. The van der Waals surface area contributed by atoms with Crippen LogP contribution < -0.4 is 5.32 Å². The highest BCUT2D eigenvalue weighted by atomic mass is 16.5. The Hall–Kier alpha value is -0.860. The SMILES string of the molecule is CC(C)NC(C)COCc1ccccc1. The molecule has 15 heavy (non-hydrogen) atoms. The van der Waals surface area contributed by atoms with Gasteiger partial charge in [0.25, 0.3) is 0 Å². The van der Waals surface area contributed by atoms with Crippen LogP contribution in [0.25, 0.3) is 0 Å². The first-order chi connectivity index (χ1) is 7.18. The molecule has 0 saturated heterocycles. The third-order valence-electron chi connectivity index (χ3n) is 2.10. The van der Waals surface area contributed by atoms with Gasteiger partial charge < -0.3 is 10.1 Å². The van der Waals surface area contributed by atoms with Crippen molar-refractivity contribution < 1.29 is 4.74 Å². The molecule has 0 aliphatic rings. The minimum absolute atomic E-state index is 0.411. The van der Waals surface area contributed by atoms with E-state index in [9.17, 15) is 0 Å². The van der Waals surface area contributed by atoms with Gasteiger partial charge in [0.1, 0.15) is 0 Å². The van der Waals surface area contributed by atoms with Crippen molar-refractivity contribution in [1.29, 1.82) is 0 Å². The fourth-order valence-corrected chi connectivity index (χ4v) is 1.54. The Morgan fingerprint density at radius 2 is 1.80 bits per heavy atom. The van der Waals surface area contributed by atoms with Gasteiger partial charge in [-0.2, -0.15) is 0 Å². The highest BCUT2D eigenvalue weighted by Gasteiger charge is 2.02. The van der Waals surface area contributed by atoms with Gasteiger partial charge in [0.05, 0.1) is 13.2 Å². The second-order valence-electron chi connectivity index (χ2n) is 4.22. The van der Waals surface area contributed by atoms with Crippen LogP contribution in [0.3, 0.4) is 0 Å². The highest BCUT2D eigenvalue weighted by molar-refractivity contribution is 5.13. The Morgan fingerprint density at radius 3 is 2.40 bits per heavy atom. The van der Waals surface area contributed by atoms with E-state index in [0.29, 0.717) is 18.7 Å². The molecule has 1 unspecified atom stereocenters. The van der Waals surface area contributed by atoms with E-state index in [1.54, 1.807) is 0 Å². The van der Waals surface area contributed by atoms with Crippen LogP contribution in [0.15, 0.2) is 30.3 Å². The molecule has 1 rings (SSSR count). The summed E-state index contributed by atoms with van der Waals surface area (Å²) in [6.45, 7) is 7.89. The number of nitrogens with one attached hydrogen (secondary N) is 1. The molecule has 84 valence electrons. The molecule has 0 aromatic heterocycles. The van der Waals surface area contributed by atoms with Crippen LogP contribution >= 0.6 is 0 Å². The number of rotatable bonds is 6. The quantitative estimate of drug-likeness (QED) is 0.774. The zero-order chi connectivity index (χ0) is 11.1. The van der Waals surface area contributed by atoms with Gasteiger partial charge in [-0.05, 0) is 12.5 Å². The summed E-state index contributed by atoms with van der Waals surface area (Å²) in [5.41, 5.74) is 1.23. The summed E-state index contributed by atoms with van der Waals surface area (Å²) in [7, 11) is 0. The molecular formula is C13H21NO. The normalized spacial score (nSPS) is 13.1. The molecule has 1 atom stereocenters. The molecule has 0 fully saturated rings. The summed E-state index contributed by atoms with van der Waals surface area (Å²) in [4.78, 5) is 0. The van der Waals surface area contributed by atoms with E-state index in [0.717, 1.165) is 6.61 Å². The monoisotopic (exact) mass is 207 g/mol. The van der Waals surface area contributed by atoms with Crippen LogP contribution in [0.1, 0.15) is 26.3 Å². The first-order valence-electron chi connectivity index (χ1n) is 5.56. The van der Waals surface area contributed by atoms with Crippen molar-refractivity contribution >= 4 is 0 Å². The fraction of sp³-hybridized carbons (Fsp3) is 0.538. The number of hydrogen-bond acceptors (Lipinski definition) is 2. The van der Waals surface area contributed by atoms with Crippen molar-refractivity contribution in [3.05, 3.63) is 35.9 Å². The maximum absolute atomic E-state index is 5.62. The van der Waals surface area contributed by atoms with Gasteiger partial charge in [-0.3, -0.25) is 0 Å². The van der Waals surface area contributed by atoms with Crippen molar-refractivity contribution in [3.8, 4) is 0 Å². The van der Waals surface area contributed by atoms with Crippen LogP contribution in [0, 0.1) is 0 Å². The summed E-state index contributed by atoms with van der Waals surface area (Å²) in [6, 6.07) is 11.2. The molecule has 1 N–H and O–H groups in total. The zero-order valence-electron chi connectivity index (χ0n) is 9.86. The predicted octanol–water partition coefficient (Wildman–Crippen LogP) is 2.59. The Kier molecular flexibility index (Phi) is 5.37. The van der Waals surface area contributed by atoms with Gasteiger partial charge in [0.15, 0.2) is 0 Å². The van der Waals surface area contributed by atoms with Gasteiger partial charge in [-0.25, -0.2) is 0 Å². The van der Waals surface area contributed by atoms with E-state index in [1.807, 2.05) is 18.2 Å². The Balaban J connectivity index is 2.16. The highest BCUT2D eigenvalue weighted by Crippen LogP contribution is 2.00. The lowest BCUT2D eigenvalue weighted by Gasteiger charge is -2.16. The van der Waals surface area contributed by atoms with Gasteiger partial charge in [-0.1, -0.05) is 44.2 Å². The Labute approximate surface area is 92.6 Å². The lowest BCUT2D eigenvalue weighted by molar-refractivity contribution is 0.101. The van der Waals surface area contributed by atoms with Crippen molar-refractivity contribution in [2.75, 3.05) is 6.61 Å². The second-order valence-corrected chi connectivity index (χ2v) is 4.22. The molecule has 0 heterocycles. The number of ether oxygens (including phenoxy) is 1. The second kappa shape index (κ2) is 6.59. The summed E-state index contributed by atoms with van der Waals surface area (Å²) >= 11 is 0. The lowest BCUT2D eigenvalue weighted by atomic mass is 10.2. The van der Waals surface area contributed by atoms with Crippen molar-refractivity contribution in [3.63, 3.8) is 0 Å². The zero-order valence-corrected chi connectivity index (χ0v) is 9.86. The van der Waals surface area contributed by atoms with Crippen molar-refractivity contribution in [1.82, 2.24) is 5.32 Å². The Bertz CT molecular complexity index is 258. The Morgan fingerprint density at radius 1 is 1.13 bits per heavy atom. The molecule has 0 saturated carbocycles. The molecule has 1 aromatic carbocycles. The van der Waals surface area contributed by atoms with E-state index < -0.39 is 0 Å². The van der Waals surface area contributed by atoms with E-state index in [1.165, 1.54) is 5.56 Å². The van der Waals surface area contributed by atoms with Crippen LogP contribution in [0.2, 0.25) is 0 Å². The smallest absolute Gasteiger partial charge is 0.0717 e. The molecule has 1 aromatic rings. The molecule has 0 aliphatic heterocycles. The molecule has 0 amide bonds. The summed E-state index contributed by atoms with van der Waals surface area (Å²) < 4.78 is 5.62. The average molecular weight is 207 g/mol. The molecular weight excluding hydrogens is 186 g/mol. The van der Waals surface area contributed by atoms with Crippen molar-refractivity contribution in [2.45, 2.75) is 39.5 Å². The van der Waals surface area contributed by atoms with Crippen LogP contribution in [0.5, 0.6) is 0 Å². The number of benzene rings is 1. The van der Waals surface area contributed by atoms with Gasteiger partial charge in [-0.15, -0.1) is 0 Å². The summed E-state index contributed by atoms with van der Waals surface area (Å²) in [5.74, 6) is 0. The van der Waals surface area contributed by atoms with Crippen molar-refractivity contribution in [2.24, 2.45) is 0 Å². The maximum atomic E-state index is 5.62. The lowest BCUT2D eigenvalue weighted by Crippen LogP contribution is -2.35. The molecule has 2 heteroatoms. The van der Waals surface area contributed by atoms with Crippen LogP contribution in [0.4, 0.5) is 0 Å². The minimum Gasteiger partial charge on any atom is -0.375 e. The van der Waals surface area contributed by atoms with Crippen LogP contribution in [-0.2, 0) is 11.3 Å². The molecule has 0 radical (unpaired) electrons. The van der Waals surface area contributed by atoms with E-state index in [-0.39, 0.29) is 0 Å². The van der Waals surface area contributed by atoms with Gasteiger partial charge >= 0.3 is 0 Å². The van der Waals surface area contributed by atoms with Crippen LogP contribution in [-0.4, -0.2) is 18.7 Å². The molecule has 0 aliphatic carbocycles. The number of hydrogen-bond donors (Lipinski definition) is 1.